The number of nitrogens with zero attached hydrogens (tertiary/aromatic N) is 4. The first-order valence-corrected chi connectivity index (χ1v) is 8.05. The topological polar surface area (TPSA) is 56.2 Å². The first kappa shape index (κ1) is 16.1. The van der Waals surface area contributed by atoms with Crippen molar-refractivity contribution < 1.29 is 4.42 Å². The molecule has 0 radical (unpaired) electrons. The normalized spacial score (nSPS) is 13.2. The van der Waals surface area contributed by atoms with Crippen LogP contribution in [-0.2, 0) is 0 Å². The van der Waals surface area contributed by atoms with Crippen molar-refractivity contribution in [2.24, 2.45) is 5.10 Å². The zero-order valence-electron chi connectivity index (χ0n) is 12.1. The molecule has 0 amide bonds. The van der Waals surface area contributed by atoms with Crippen LogP contribution < -0.4 is 0 Å². The summed E-state index contributed by atoms with van der Waals surface area (Å²) in [5, 5.41) is 14.7. The molecule has 0 atom stereocenters. The summed E-state index contributed by atoms with van der Waals surface area (Å²) >= 11 is 7.56. The third kappa shape index (κ3) is 2.89. The lowest BCUT2D eigenvalue weighted by Crippen LogP contribution is -2.13. The van der Waals surface area contributed by atoms with Crippen LogP contribution in [-0.4, -0.2) is 26.3 Å². The lowest BCUT2D eigenvalue weighted by atomic mass is 10.1. The number of halogens is 2. The van der Waals surface area contributed by atoms with Gasteiger partial charge in [0, 0.05) is 10.8 Å². The molecule has 23 heavy (non-hydrogen) atoms. The van der Waals surface area contributed by atoms with Crippen LogP contribution in [0.15, 0.2) is 51.3 Å². The van der Waals surface area contributed by atoms with E-state index in [4.69, 9.17) is 21.1 Å². The molecule has 4 rings (SSSR count). The largest absolute Gasteiger partial charge is 0.469 e. The highest BCUT2D eigenvalue weighted by Crippen LogP contribution is 2.30. The van der Waals surface area contributed by atoms with Crippen LogP contribution >= 0.6 is 35.8 Å². The lowest BCUT2D eigenvalue weighted by molar-refractivity contribution is 0.534. The molecule has 0 bridgehead atoms. The number of furan rings is 1. The first-order valence-electron chi connectivity index (χ1n) is 6.69. The summed E-state index contributed by atoms with van der Waals surface area (Å²) < 4.78 is 7.13. The molecule has 3 heterocycles. The summed E-state index contributed by atoms with van der Waals surface area (Å²) in [6, 6.07) is 9.56. The van der Waals surface area contributed by atoms with Gasteiger partial charge in [0.25, 0.3) is 0 Å². The maximum atomic E-state index is 5.94. The monoisotopic (exact) mass is 366 g/mol. The Morgan fingerprint density at radius 2 is 1.96 bits per heavy atom. The smallest absolute Gasteiger partial charge is 0.212 e. The molecule has 8 heteroatoms. The Hall–Kier alpha value is -1.76. The number of rotatable bonds is 2. The minimum atomic E-state index is 0. The molecule has 0 saturated carbocycles. The van der Waals surface area contributed by atoms with Crippen molar-refractivity contribution in [1.29, 1.82) is 0 Å². The van der Waals surface area contributed by atoms with Gasteiger partial charge in [-0.05, 0) is 30.7 Å². The number of aromatic nitrogens is 3. The quantitative estimate of drug-likeness (QED) is 0.678. The molecule has 1 aliphatic rings. The van der Waals surface area contributed by atoms with Gasteiger partial charge in [-0.1, -0.05) is 35.5 Å². The molecule has 0 aliphatic carbocycles. The van der Waals surface area contributed by atoms with E-state index in [-0.39, 0.29) is 12.4 Å². The Labute approximate surface area is 148 Å². The van der Waals surface area contributed by atoms with Crippen LogP contribution in [0.2, 0.25) is 5.02 Å². The van der Waals surface area contributed by atoms with Gasteiger partial charge in [-0.25, -0.2) is 0 Å². The molecule has 2 aromatic heterocycles. The van der Waals surface area contributed by atoms with E-state index in [9.17, 15) is 0 Å². The number of hydrogen-bond donors (Lipinski definition) is 0. The maximum Gasteiger partial charge on any atom is 0.212 e. The molecule has 1 aromatic carbocycles. The second kappa shape index (κ2) is 6.39. The van der Waals surface area contributed by atoms with Crippen LogP contribution in [0.25, 0.3) is 11.4 Å². The van der Waals surface area contributed by atoms with Crippen LogP contribution in [0.3, 0.4) is 0 Å². The number of benzene rings is 1. The third-order valence-electron chi connectivity index (χ3n) is 3.45. The van der Waals surface area contributed by atoms with E-state index in [0.29, 0.717) is 10.8 Å². The van der Waals surface area contributed by atoms with Crippen molar-refractivity contribution in [3.8, 4) is 11.4 Å². The van der Waals surface area contributed by atoms with Gasteiger partial charge < -0.3 is 4.42 Å². The molecule has 1 aliphatic heterocycles. The Morgan fingerprint density at radius 3 is 2.65 bits per heavy atom. The van der Waals surface area contributed by atoms with Gasteiger partial charge in [-0.15, -0.1) is 22.6 Å². The molecule has 118 valence electrons. The van der Waals surface area contributed by atoms with Crippen LogP contribution in [0.4, 0.5) is 0 Å². The van der Waals surface area contributed by atoms with Gasteiger partial charge >= 0.3 is 0 Å². The van der Waals surface area contributed by atoms with E-state index in [1.165, 1.54) is 0 Å². The van der Waals surface area contributed by atoms with Crippen molar-refractivity contribution in [3.05, 3.63) is 52.9 Å². The summed E-state index contributed by atoms with van der Waals surface area (Å²) in [7, 11) is 0. The fourth-order valence-corrected chi connectivity index (χ4v) is 3.26. The highest BCUT2D eigenvalue weighted by Gasteiger charge is 2.22. The van der Waals surface area contributed by atoms with E-state index < -0.39 is 0 Å². The lowest BCUT2D eigenvalue weighted by Gasteiger charge is -2.13. The summed E-state index contributed by atoms with van der Waals surface area (Å²) in [6.07, 6.45) is 1.64. The average molecular weight is 367 g/mol. The molecule has 0 N–H and O–H groups in total. The molecule has 0 fully saturated rings. The van der Waals surface area contributed by atoms with Gasteiger partial charge in [0.1, 0.15) is 5.76 Å². The standard InChI is InChI=1S/C15H11ClN4OS.ClH/c1-9-12(6-7-21-9)14-17-18-15-20(14)19-13(8-22-15)10-2-4-11(16)5-3-10;/h2-7H,8H2,1H3;1H. The maximum absolute atomic E-state index is 5.94. The molecular formula is C15H12Cl2N4OS. The van der Waals surface area contributed by atoms with Gasteiger partial charge in [0.15, 0.2) is 5.82 Å². The van der Waals surface area contributed by atoms with Gasteiger partial charge in [0.2, 0.25) is 5.16 Å². The molecule has 3 aromatic rings. The highest BCUT2D eigenvalue weighted by molar-refractivity contribution is 7.99. The second-order valence-corrected chi connectivity index (χ2v) is 6.23. The summed E-state index contributed by atoms with van der Waals surface area (Å²) in [5.74, 6) is 2.25. The van der Waals surface area contributed by atoms with Crippen LogP contribution in [0.1, 0.15) is 11.3 Å². The Bertz CT molecular complexity index is 870. The SMILES string of the molecule is Cc1occc1-c1nnc2n1N=C(c1ccc(Cl)cc1)CS2.Cl. The predicted octanol–water partition coefficient (Wildman–Crippen LogP) is 4.28. The average Bonchev–Trinajstić information content (AvgIpc) is 3.13. The fourth-order valence-electron chi connectivity index (χ4n) is 2.30. The predicted molar refractivity (Wildman–Crippen MR) is 93.8 cm³/mol. The van der Waals surface area contributed by atoms with Gasteiger partial charge in [-0.3, -0.25) is 0 Å². The van der Waals surface area contributed by atoms with E-state index in [1.807, 2.05) is 37.3 Å². The minimum Gasteiger partial charge on any atom is -0.469 e. The van der Waals surface area contributed by atoms with Crippen molar-refractivity contribution in [2.75, 3.05) is 5.75 Å². The van der Waals surface area contributed by atoms with E-state index in [2.05, 4.69) is 10.2 Å². The number of aryl methyl sites for hydroxylation is 1. The van der Waals surface area contributed by atoms with Crippen LogP contribution in [0, 0.1) is 6.92 Å². The Balaban J connectivity index is 0.00000156. The molecule has 5 nitrogen and oxygen atoms in total. The molecule has 0 saturated heterocycles. The minimum absolute atomic E-state index is 0. The van der Waals surface area contributed by atoms with E-state index in [1.54, 1.807) is 22.7 Å². The van der Waals surface area contributed by atoms with Gasteiger partial charge in [0.05, 0.1) is 17.5 Å². The second-order valence-electron chi connectivity index (χ2n) is 4.85. The first-order chi connectivity index (χ1) is 10.7. The summed E-state index contributed by atoms with van der Waals surface area (Å²) in [4.78, 5) is 0. The molecule has 0 spiro atoms. The number of hydrogen-bond acceptors (Lipinski definition) is 5. The fraction of sp³-hybridized carbons (Fsp3) is 0.133. The Kier molecular flexibility index (Phi) is 4.48. The van der Waals surface area contributed by atoms with E-state index in [0.717, 1.165) is 33.5 Å². The van der Waals surface area contributed by atoms with Crippen molar-refractivity contribution in [3.63, 3.8) is 0 Å². The Morgan fingerprint density at radius 1 is 1.17 bits per heavy atom. The van der Waals surface area contributed by atoms with Crippen LogP contribution in [0.5, 0.6) is 0 Å². The number of fused-ring (bicyclic) bond motifs is 1. The van der Waals surface area contributed by atoms with Crippen molar-refractivity contribution in [2.45, 2.75) is 12.1 Å². The zero-order chi connectivity index (χ0) is 15.1. The summed E-state index contributed by atoms with van der Waals surface area (Å²) in [5.41, 5.74) is 2.92. The highest BCUT2D eigenvalue weighted by atomic mass is 35.5. The van der Waals surface area contributed by atoms with E-state index >= 15 is 0 Å². The molecule has 0 unspecified atom stereocenters. The number of thioether (sulfide) groups is 1. The van der Waals surface area contributed by atoms with Crippen molar-refractivity contribution in [1.82, 2.24) is 14.9 Å². The van der Waals surface area contributed by atoms with Crippen molar-refractivity contribution >= 4 is 41.5 Å². The van der Waals surface area contributed by atoms with Gasteiger partial charge in [-0.2, -0.15) is 9.78 Å². The zero-order valence-corrected chi connectivity index (χ0v) is 14.5. The third-order valence-corrected chi connectivity index (χ3v) is 4.63. The molecular weight excluding hydrogens is 355 g/mol. The summed E-state index contributed by atoms with van der Waals surface area (Å²) in [6.45, 7) is 1.90.